The third kappa shape index (κ3) is 5.66. The van der Waals surface area contributed by atoms with Crippen molar-refractivity contribution in [3.63, 3.8) is 0 Å². The van der Waals surface area contributed by atoms with Crippen LogP contribution in [0.15, 0.2) is 54.7 Å². The van der Waals surface area contributed by atoms with Gasteiger partial charge in [-0.1, -0.05) is 55.8 Å². The van der Waals surface area contributed by atoms with Crippen molar-refractivity contribution < 1.29 is 9.53 Å². The van der Waals surface area contributed by atoms with Gasteiger partial charge >= 0.3 is 0 Å². The van der Waals surface area contributed by atoms with Gasteiger partial charge in [0.25, 0.3) is 5.91 Å². The number of hydrogen-bond donors (Lipinski definition) is 1. The fraction of sp³-hybridized carbons (Fsp3) is 0.273. The molecular weight excluding hydrogens is 356 g/mol. The number of nitrogens with one attached hydrogen (secondary N) is 1. The molecule has 1 N–H and O–H groups in total. The first-order chi connectivity index (χ1) is 13.0. The molecule has 4 nitrogen and oxygen atoms in total. The van der Waals surface area contributed by atoms with E-state index in [1.165, 1.54) is 28.0 Å². The van der Waals surface area contributed by atoms with Crippen molar-refractivity contribution in [2.75, 3.05) is 11.9 Å². The molecule has 0 aliphatic heterocycles. The van der Waals surface area contributed by atoms with E-state index in [0.717, 1.165) is 11.3 Å². The largest absolute Gasteiger partial charge is 0.484 e. The average Bonchev–Trinajstić information content (AvgIpc) is 3.09. The van der Waals surface area contributed by atoms with Crippen LogP contribution in [0.3, 0.4) is 0 Å². The Hall–Kier alpha value is -2.66. The molecule has 0 saturated heterocycles. The second kappa shape index (κ2) is 8.82. The monoisotopic (exact) mass is 380 g/mol. The Morgan fingerprint density at radius 2 is 1.81 bits per heavy atom. The van der Waals surface area contributed by atoms with Gasteiger partial charge in [0.15, 0.2) is 11.7 Å². The number of benzene rings is 2. The lowest BCUT2D eigenvalue weighted by Crippen LogP contribution is -2.19. The van der Waals surface area contributed by atoms with Crippen LogP contribution in [0.5, 0.6) is 5.75 Å². The maximum Gasteiger partial charge on any atom is 0.264 e. The normalized spacial score (nSPS) is 10.8. The van der Waals surface area contributed by atoms with Gasteiger partial charge < -0.3 is 4.74 Å². The van der Waals surface area contributed by atoms with Crippen molar-refractivity contribution in [1.82, 2.24) is 4.98 Å². The molecule has 1 aromatic heterocycles. The molecule has 0 spiro atoms. The Labute approximate surface area is 164 Å². The summed E-state index contributed by atoms with van der Waals surface area (Å²) in [5, 5.41) is 3.40. The first kappa shape index (κ1) is 19.1. The van der Waals surface area contributed by atoms with Crippen molar-refractivity contribution in [3.8, 4) is 5.75 Å². The number of carbonyl (C=O) groups is 1. The highest BCUT2D eigenvalue weighted by molar-refractivity contribution is 7.15. The van der Waals surface area contributed by atoms with Gasteiger partial charge in [-0.2, -0.15) is 0 Å². The quantitative estimate of drug-likeness (QED) is 0.614. The fourth-order valence-corrected chi connectivity index (χ4v) is 3.47. The maximum absolute atomic E-state index is 12.1. The van der Waals surface area contributed by atoms with Crippen LogP contribution in [0, 0.1) is 6.92 Å². The second-order valence-electron chi connectivity index (χ2n) is 6.85. The summed E-state index contributed by atoms with van der Waals surface area (Å²) in [6, 6.07) is 16.3. The molecule has 0 unspecified atom stereocenters. The maximum atomic E-state index is 12.1. The van der Waals surface area contributed by atoms with Crippen LogP contribution in [-0.2, 0) is 11.2 Å². The molecular formula is C22H24N2O2S. The van der Waals surface area contributed by atoms with Gasteiger partial charge in [0.1, 0.15) is 5.75 Å². The Bertz CT molecular complexity index is 883. The minimum Gasteiger partial charge on any atom is -0.484 e. The number of thiazole rings is 1. The van der Waals surface area contributed by atoms with Gasteiger partial charge in [0, 0.05) is 17.5 Å². The Morgan fingerprint density at radius 3 is 2.48 bits per heavy atom. The average molecular weight is 381 g/mol. The second-order valence-corrected chi connectivity index (χ2v) is 7.97. The Morgan fingerprint density at radius 1 is 1.11 bits per heavy atom. The van der Waals surface area contributed by atoms with Crippen molar-refractivity contribution >= 4 is 22.4 Å². The number of ether oxygens (including phenoxy) is 1. The third-order valence-electron chi connectivity index (χ3n) is 4.22. The van der Waals surface area contributed by atoms with E-state index < -0.39 is 0 Å². The summed E-state index contributed by atoms with van der Waals surface area (Å²) in [5.41, 5.74) is 3.72. The summed E-state index contributed by atoms with van der Waals surface area (Å²) < 4.78 is 5.55. The summed E-state index contributed by atoms with van der Waals surface area (Å²) in [6.07, 6.45) is 2.62. The number of carbonyl (C=O) groups excluding carboxylic acids is 1. The van der Waals surface area contributed by atoms with Crippen LogP contribution in [0.2, 0.25) is 0 Å². The summed E-state index contributed by atoms with van der Waals surface area (Å²) in [6.45, 7) is 6.33. The number of hydrogen-bond acceptors (Lipinski definition) is 4. The van der Waals surface area contributed by atoms with Gasteiger partial charge in [-0.3, -0.25) is 10.1 Å². The molecule has 0 radical (unpaired) electrons. The van der Waals surface area contributed by atoms with E-state index in [2.05, 4.69) is 55.3 Å². The van der Waals surface area contributed by atoms with E-state index in [0.29, 0.717) is 16.8 Å². The van der Waals surface area contributed by atoms with E-state index in [1.807, 2.05) is 30.5 Å². The minimum atomic E-state index is -0.209. The number of aromatic nitrogens is 1. The molecule has 3 aromatic rings. The zero-order valence-electron chi connectivity index (χ0n) is 15.9. The first-order valence-corrected chi connectivity index (χ1v) is 9.84. The Balaban J connectivity index is 1.49. The number of anilines is 1. The predicted octanol–water partition coefficient (Wildman–Crippen LogP) is 5.18. The molecule has 0 saturated carbocycles. The fourth-order valence-electron chi connectivity index (χ4n) is 2.61. The number of amides is 1. The first-order valence-electron chi connectivity index (χ1n) is 9.02. The molecule has 0 aliphatic carbocycles. The standard InChI is InChI=1S/C22H24N2O2S/c1-15(2)18-8-10-19(11-9-18)26-14-21(25)24-22-23-13-20(27-22)12-17-6-4-16(3)5-7-17/h4-11,13,15H,12,14H2,1-3H3,(H,23,24,25). The van der Waals surface area contributed by atoms with E-state index >= 15 is 0 Å². The molecule has 2 aromatic carbocycles. The zero-order chi connectivity index (χ0) is 19.2. The smallest absolute Gasteiger partial charge is 0.264 e. The molecule has 0 aliphatic rings. The number of aryl methyl sites for hydroxylation is 1. The number of rotatable bonds is 7. The Kier molecular flexibility index (Phi) is 6.24. The summed E-state index contributed by atoms with van der Waals surface area (Å²) in [5.74, 6) is 0.953. The van der Waals surface area contributed by atoms with Crippen LogP contribution in [0.4, 0.5) is 5.13 Å². The lowest BCUT2D eigenvalue weighted by atomic mass is 10.0. The third-order valence-corrected chi connectivity index (χ3v) is 5.13. The minimum absolute atomic E-state index is 0.0338. The van der Waals surface area contributed by atoms with Crippen molar-refractivity contribution in [2.45, 2.75) is 33.1 Å². The van der Waals surface area contributed by atoms with Gasteiger partial charge in [0.05, 0.1) is 0 Å². The highest BCUT2D eigenvalue weighted by Gasteiger charge is 2.09. The molecule has 1 heterocycles. The highest BCUT2D eigenvalue weighted by Crippen LogP contribution is 2.22. The molecule has 5 heteroatoms. The van der Waals surface area contributed by atoms with Crippen molar-refractivity contribution in [3.05, 3.63) is 76.3 Å². The van der Waals surface area contributed by atoms with Crippen LogP contribution in [-0.4, -0.2) is 17.5 Å². The van der Waals surface area contributed by atoms with Gasteiger partial charge in [-0.05, 0) is 36.1 Å². The lowest BCUT2D eigenvalue weighted by Gasteiger charge is -2.08. The zero-order valence-corrected chi connectivity index (χ0v) is 16.7. The molecule has 27 heavy (non-hydrogen) atoms. The van der Waals surface area contributed by atoms with Crippen molar-refractivity contribution in [2.24, 2.45) is 0 Å². The van der Waals surface area contributed by atoms with Crippen LogP contribution >= 0.6 is 11.3 Å². The van der Waals surface area contributed by atoms with Crippen LogP contribution in [0.25, 0.3) is 0 Å². The van der Waals surface area contributed by atoms with Crippen LogP contribution in [0.1, 0.15) is 41.3 Å². The summed E-state index contributed by atoms with van der Waals surface area (Å²) in [7, 11) is 0. The SMILES string of the molecule is Cc1ccc(Cc2cnc(NC(=O)COc3ccc(C(C)C)cc3)s2)cc1. The van der Waals surface area contributed by atoms with E-state index in [1.54, 1.807) is 0 Å². The molecule has 0 atom stereocenters. The summed E-state index contributed by atoms with van der Waals surface area (Å²) in [4.78, 5) is 17.5. The van der Waals surface area contributed by atoms with Gasteiger partial charge in [-0.15, -0.1) is 11.3 Å². The van der Waals surface area contributed by atoms with E-state index in [9.17, 15) is 4.79 Å². The summed E-state index contributed by atoms with van der Waals surface area (Å²) >= 11 is 1.49. The van der Waals surface area contributed by atoms with Gasteiger partial charge in [-0.25, -0.2) is 4.98 Å². The topological polar surface area (TPSA) is 51.2 Å². The molecule has 3 rings (SSSR count). The molecule has 1 amide bonds. The van der Waals surface area contributed by atoms with Crippen LogP contribution < -0.4 is 10.1 Å². The lowest BCUT2D eigenvalue weighted by molar-refractivity contribution is -0.118. The number of nitrogens with zero attached hydrogens (tertiary/aromatic N) is 1. The molecule has 0 fully saturated rings. The highest BCUT2D eigenvalue weighted by atomic mass is 32.1. The predicted molar refractivity (Wildman–Crippen MR) is 111 cm³/mol. The van der Waals surface area contributed by atoms with Crippen molar-refractivity contribution in [1.29, 1.82) is 0 Å². The van der Waals surface area contributed by atoms with Gasteiger partial charge in [0.2, 0.25) is 0 Å². The molecule has 140 valence electrons. The molecule has 0 bridgehead atoms. The van der Waals surface area contributed by atoms with E-state index in [-0.39, 0.29) is 12.5 Å². The van der Waals surface area contributed by atoms with E-state index in [4.69, 9.17) is 4.74 Å².